The average molecular weight is 312 g/mol. The normalized spacial score (nSPS) is 12.6. The van der Waals surface area contributed by atoms with E-state index in [0.29, 0.717) is 18.1 Å². The van der Waals surface area contributed by atoms with Crippen molar-refractivity contribution >= 4 is 21.6 Å². The monoisotopic (exact) mass is 311 g/mol. The third kappa shape index (κ3) is 2.51. The van der Waals surface area contributed by atoms with Gasteiger partial charge in [0.25, 0.3) is 0 Å². The lowest BCUT2D eigenvalue weighted by Gasteiger charge is -2.13. The van der Waals surface area contributed by atoms with Gasteiger partial charge in [0.05, 0.1) is 12.6 Å². The van der Waals surface area contributed by atoms with Crippen molar-refractivity contribution in [3.63, 3.8) is 0 Å². The Hall–Kier alpha value is -1.47. The van der Waals surface area contributed by atoms with E-state index in [9.17, 15) is 0 Å². The third-order valence-electron chi connectivity index (χ3n) is 2.55. The molecule has 0 fully saturated rings. The molecule has 2 aromatic rings. The molecule has 1 unspecified atom stereocenters. The first kappa shape index (κ1) is 13.0. The van der Waals surface area contributed by atoms with Crippen LogP contribution in [0.4, 0.5) is 5.69 Å². The molecule has 0 saturated carbocycles. The molecule has 1 aromatic carbocycles. The Balaban J connectivity index is 2.45. The summed E-state index contributed by atoms with van der Waals surface area (Å²) in [7, 11) is 1.65. The molecule has 18 heavy (non-hydrogen) atoms. The average Bonchev–Trinajstić information content (AvgIpc) is 2.81. The summed E-state index contributed by atoms with van der Waals surface area (Å²) in [6.45, 7) is 2.53. The summed E-state index contributed by atoms with van der Waals surface area (Å²) in [6.07, 6.45) is 0. The van der Waals surface area contributed by atoms with Crippen LogP contribution in [0.3, 0.4) is 0 Å². The molecule has 6 nitrogen and oxygen atoms in total. The second kappa shape index (κ2) is 5.45. The number of rotatable bonds is 4. The topological polar surface area (TPSA) is 78.8 Å². The van der Waals surface area contributed by atoms with Crippen LogP contribution < -0.4 is 5.73 Å². The lowest BCUT2D eigenvalue weighted by atomic mass is 10.2. The fourth-order valence-corrected chi connectivity index (χ4v) is 2.12. The molecule has 7 heteroatoms. The van der Waals surface area contributed by atoms with Crippen molar-refractivity contribution in [1.29, 1.82) is 0 Å². The van der Waals surface area contributed by atoms with Crippen molar-refractivity contribution in [1.82, 2.24) is 20.2 Å². The van der Waals surface area contributed by atoms with Crippen LogP contribution in [0, 0.1) is 0 Å². The molecule has 0 aliphatic carbocycles. The highest BCUT2D eigenvalue weighted by Gasteiger charge is 2.16. The number of tetrazole rings is 1. The van der Waals surface area contributed by atoms with Crippen molar-refractivity contribution in [2.75, 3.05) is 19.5 Å². The fraction of sp³-hybridized carbons (Fsp3) is 0.364. The van der Waals surface area contributed by atoms with Crippen LogP contribution in [0.15, 0.2) is 22.7 Å². The standard InChI is InChI=1S/C11H14BrN5O/c1-7(6-18-2)17-11(14-15-16-17)9-5-8(13)3-4-10(9)12/h3-5,7H,6,13H2,1-2H3. The fourth-order valence-electron chi connectivity index (χ4n) is 1.69. The van der Waals surface area contributed by atoms with E-state index >= 15 is 0 Å². The second-order valence-corrected chi connectivity index (χ2v) is 4.85. The van der Waals surface area contributed by atoms with Gasteiger partial charge in [-0.25, -0.2) is 4.68 Å². The molecule has 0 spiro atoms. The lowest BCUT2D eigenvalue weighted by Crippen LogP contribution is -2.14. The van der Waals surface area contributed by atoms with Crippen LogP contribution in [-0.2, 0) is 4.74 Å². The number of aromatic nitrogens is 4. The first-order valence-electron chi connectivity index (χ1n) is 5.45. The predicted octanol–water partition coefficient (Wildman–Crippen LogP) is 1.89. The molecule has 0 amide bonds. The molecular weight excluding hydrogens is 298 g/mol. The van der Waals surface area contributed by atoms with Crippen LogP contribution >= 0.6 is 15.9 Å². The maximum atomic E-state index is 5.80. The van der Waals surface area contributed by atoms with Gasteiger partial charge in [0.15, 0.2) is 5.82 Å². The van der Waals surface area contributed by atoms with E-state index in [4.69, 9.17) is 10.5 Å². The molecule has 2 N–H and O–H groups in total. The van der Waals surface area contributed by atoms with Crippen molar-refractivity contribution in [3.05, 3.63) is 22.7 Å². The molecular formula is C11H14BrN5O. The van der Waals surface area contributed by atoms with E-state index in [1.54, 1.807) is 11.8 Å². The van der Waals surface area contributed by atoms with Gasteiger partial charge in [0, 0.05) is 22.8 Å². The Kier molecular flexibility index (Phi) is 3.93. The molecule has 0 saturated heterocycles. The van der Waals surface area contributed by atoms with Gasteiger partial charge in [-0.15, -0.1) is 5.10 Å². The summed E-state index contributed by atoms with van der Waals surface area (Å²) >= 11 is 3.48. The maximum absolute atomic E-state index is 5.80. The van der Waals surface area contributed by atoms with Crippen molar-refractivity contribution in [2.45, 2.75) is 13.0 Å². The van der Waals surface area contributed by atoms with Gasteiger partial charge >= 0.3 is 0 Å². The summed E-state index contributed by atoms with van der Waals surface area (Å²) in [5.74, 6) is 0.665. The highest BCUT2D eigenvalue weighted by molar-refractivity contribution is 9.10. The number of nitrogens with two attached hydrogens (primary N) is 1. The van der Waals surface area contributed by atoms with Crippen LogP contribution in [0.5, 0.6) is 0 Å². The summed E-state index contributed by atoms with van der Waals surface area (Å²) in [5.41, 5.74) is 7.33. The van der Waals surface area contributed by atoms with Crippen molar-refractivity contribution < 1.29 is 4.74 Å². The van der Waals surface area contributed by atoms with Crippen LogP contribution in [0.1, 0.15) is 13.0 Å². The van der Waals surface area contributed by atoms with E-state index < -0.39 is 0 Å². The van der Waals surface area contributed by atoms with Gasteiger partial charge < -0.3 is 10.5 Å². The number of halogens is 1. The van der Waals surface area contributed by atoms with Crippen LogP contribution in [-0.4, -0.2) is 33.9 Å². The highest BCUT2D eigenvalue weighted by atomic mass is 79.9. The van der Waals surface area contributed by atoms with E-state index in [-0.39, 0.29) is 6.04 Å². The second-order valence-electron chi connectivity index (χ2n) is 3.99. The smallest absolute Gasteiger partial charge is 0.183 e. The zero-order valence-corrected chi connectivity index (χ0v) is 11.8. The zero-order chi connectivity index (χ0) is 13.1. The summed E-state index contributed by atoms with van der Waals surface area (Å²) in [6, 6.07) is 5.59. The Morgan fingerprint density at radius 1 is 1.50 bits per heavy atom. The van der Waals surface area contributed by atoms with Gasteiger partial charge in [-0.3, -0.25) is 0 Å². The number of anilines is 1. The maximum Gasteiger partial charge on any atom is 0.183 e. The molecule has 2 rings (SSSR count). The van der Waals surface area contributed by atoms with Crippen molar-refractivity contribution in [2.24, 2.45) is 0 Å². The van der Waals surface area contributed by atoms with Gasteiger partial charge in [0.1, 0.15) is 0 Å². The minimum Gasteiger partial charge on any atom is -0.399 e. The molecule has 1 heterocycles. The lowest BCUT2D eigenvalue weighted by molar-refractivity contribution is 0.156. The number of ether oxygens (including phenoxy) is 1. The summed E-state index contributed by atoms with van der Waals surface area (Å²) in [4.78, 5) is 0. The Morgan fingerprint density at radius 2 is 2.28 bits per heavy atom. The van der Waals surface area contributed by atoms with Gasteiger partial charge in [-0.05, 0) is 35.5 Å². The number of nitrogens with zero attached hydrogens (tertiary/aromatic N) is 4. The molecule has 1 aromatic heterocycles. The first-order valence-corrected chi connectivity index (χ1v) is 6.25. The minimum atomic E-state index is 0.0494. The number of hydrogen-bond donors (Lipinski definition) is 1. The first-order chi connectivity index (χ1) is 8.63. The number of hydrogen-bond acceptors (Lipinski definition) is 5. The quantitative estimate of drug-likeness (QED) is 0.872. The minimum absolute atomic E-state index is 0.0494. The molecule has 0 aliphatic rings. The molecule has 96 valence electrons. The van der Waals surface area contributed by atoms with Crippen LogP contribution in [0.25, 0.3) is 11.4 Å². The van der Waals surface area contributed by atoms with E-state index in [0.717, 1.165) is 10.0 Å². The van der Waals surface area contributed by atoms with E-state index in [1.165, 1.54) is 0 Å². The van der Waals surface area contributed by atoms with E-state index in [1.807, 2.05) is 25.1 Å². The summed E-state index contributed by atoms with van der Waals surface area (Å²) in [5, 5.41) is 11.8. The summed E-state index contributed by atoms with van der Waals surface area (Å²) < 4.78 is 7.75. The largest absolute Gasteiger partial charge is 0.399 e. The third-order valence-corrected chi connectivity index (χ3v) is 3.24. The predicted molar refractivity (Wildman–Crippen MR) is 72.0 cm³/mol. The number of benzene rings is 1. The number of methoxy groups -OCH3 is 1. The van der Waals surface area contributed by atoms with Gasteiger partial charge in [0.2, 0.25) is 0 Å². The molecule has 0 aliphatic heterocycles. The van der Waals surface area contributed by atoms with Gasteiger partial charge in [-0.1, -0.05) is 15.9 Å². The SMILES string of the molecule is COCC(C)n1nnnc1-c1cc(N)ccc1Br. The Morgan fingerprint density at radius 3 is 3.00 bits per heavy atom. The molecule has 1 atom stereocenters. The number of nitrogen functional groups attached to an aromatic ring is 1. The Bertz CT molecular complexity index is 542. The van der Waals surface area contributed by atoms with Gasteiger partial charge in [-0.2, -0.15) is 0 Å². The Labute approximate surface area is 113 Å². The highest BCUT2D eigenvalue weighted by Crippen LogP contribution is 2.29. The van der Waals surface area contributed by atoms with Crippen molar-refractivity contribution in [3.8, 4) is 11.4 Å². The molecule has 0 radical (unpaired) electrons. The van der Waals surface area contributed by atoms with Crippen LogP contribution in [0.2, 0.25) is 0 Å². The zero-order valence-electron chi connectivity index (χ0n) is 10.2. The van der Waals surface area contributed by atoms with E-state index in [2.05, 4.69) is 31.5 Å². The molecule has 0 bridgehead atoms.